The van der Waals surface area contributed by atoms with E-state index in [9.17, 15) is 21.6 Å². The summed E-state index contributed by atoms with van der Waals surface area (Å²) in [5.74, 6) is 0.0865. The normalized spacial score (nSPS) is 18.1. The van der Waals surface area contributed by atoms with Crippen molar-refractivity contribution in [1.29, 1.82) is 0 Å². The van der Waals surface area contributed by atoms with E-state index in [0.717, 1.165) is 12.5 Å². The average Bonchev–Trinajstić information content (AvgIpc) is 2.87. The van der Waals surface area contributed by atoms with Crippen molar-refractivity contribution >= 4 is 37.0 Å². The van der Waals surface area contributed by atoms with E-state index in [2.05, 4.69) is 25.9 Å². The average molecular weight is 441 g/mol. The fraction of sp³-hybridized carbons (Fsp3) is 0.571. The molecule has 3 rings (SSSR count). The van der Waals surface area contributed by atoms with E-state index in [0.29, 0.717) is 32.5 Å². The fourth-order valence-electron chi connectivity index (χ4n) is 3.14. The molecule has 0 radical (unpaired) electrons. The maximum Gasteiger partial charge on any atom is 0.418 e. The smallest absolute Gasteiger partial charge is 0.331 e. The van der Waals surface area contributed by atoms with Gasteiger partial charge in [-0.15, -0.1) is 0 Å². The summed E-state index contributed by atoms with van der Waals surface area (Å²) in [6, 6.07) is 0. The molecule has 1 saturated heterocycles. The summed E-state index contributed by atoms with van der Waals surface area (Å²) < 4.78 is 66.0. The molecule has 1 fully saturated rings. The summed E-state index contributed by atoms with van der Waals surface area (Å²) in [6.45, 7) is 1.12. The molecular formula is C14H16BrF3N4O2S. The number of hydrogen-bond donors (Lipinski definition) is 0. The van der Waals surface area contributed by atoms with Crippen molar-refractivity contribution in [3.05, 3.63) is 22.7 Å². The maximum atomic E-state index is 13.3. The quantitative estimate of drug-likeness (QED) is 0.688. The summed E-state index contributed by atoms with van der Waals surface area (Å²) >= 11 is 3.07. The highest BCUT2D eigenvalue weighted by Crippen LogP contribution is 2.38. The summed E-state index contributed by atoms with van der Waals surface area (Å²) in [4.78, 5) is 7.81. The fourth-order valence-corrected chi connectivity index (χ4v) is 4.50. The van der Waals surface area contributed by atoms with Crippen molar-refractivity contribution in [2.45, 2.75) is 25.6 Å². The molecule has 0 unspecified atom stereocenters. The Morgan fingerprint density at radius 1 is 1.28 bits per heavy atom. The van der Waals surface area contributed by atoms with Crippen LogP contribution in [-0.4, -0.2) is 46.6 Å². The van der Waals surface area contributed by atoms with Crippen LogP contribution in [0.25, 0.3) is 11.0 Å². The van der Waals surface area contributed by atoms with Crippen LogP contribution in [0.4, 0.5) is 13.2 Å². The van der Waals surface area contributed by atoms with Crippen LogP contribution in [0, 0.1) is 5.92 Å². The molecular weight excluding hydrogens is 425 g/mol. The monoisotopic (exact) mass is 440 g/mol. The van der Waals surface area contributed by atoms with Crippen LogP contribution in [0.2, 0.25) is 0 Å². The molecule has 6 nitrogen and oxygen atoms in total. The summed E-state index contributed by atoms with van der Waals surface area (Å²) in [6.07, 6.45) is 0.135. The molecule has 0 atom stereocenters. The molecule has 2 aromatic heterocycles. The lowest BCUT2D eigenvalue weighted by Crippen LogP contribution is -2.38. The Labute approximate surface area is 151 Å². The van der Waals surface area contributed by atoms with Gasteiger partial charge in [-0.25, -0.2) is 22.7 Å². The van der Waals surface area contributed by atoms with Crippen molar-refractivity contribution in [1.82, 2.24) is 18.8 Å². The third-order valence-electron chi connectivity index (χ3n) is 4.41. The van der Waals surface area contributed by atoms with Crippen LogP contribution in [0.15, 0.2) is 17.1 Å². The number of halogens is 4. The standard InChI is InChI=1S/C14H16BrF3N4O2S/c1-25(23,24)22-4-2-9(3-5-22)6-21-7-10(14(16,17)18)11-12(15)19-8-20-13(11)21/h7-9H,2-6H2,1H3. The first-order valence-electron chi connectivity index (χ1n) is 7.59. The number of alkyl halides is 3. The zero-order valence-electron chi connectivity index (χ0n) is 13.3. The first-order valence-corrected chi connectivity index (χ1v) is 10.2. The molecule has 138 valence electrons. The molecule has 3 heterocycles. The minimum absolute atomic E-state index is 0.0522. The Hall–Kier alpha value is -1.20. The van der Waals surface area contributed by atoms with Crippen LogP contribution < -0.4 is 0 Å². The minimum atomic E-state index is -4.50. The van der Waals surface area contributed by atoms with Crippen molar-refractivity contribution in [3.63, 3.8) is 0 Å². The van der Waals surface area contributed by atoms with Crippen molar-refractivity contribution in [2.24, 2.45) is 5.92 Å². The van der Waals surface area contributed by atoms with Gasteiger partial charge in [0.2, 0.25) is 10.0 Å². The van der Waals surface area contributed by atoms with Crippen LogP contribution in [-0.2, 0) is 22.7 Å². The van der Waals surface area contributed by atoms with E-state index in [-0.39, 0.29) is 21.6 Å². The number of rotatable bonds is 3. The van der Waals surface area contributed by atoms with Gasteiger partial charge in [0.25, 0.3) is 0 Å². The first-order chi connectivity index (χ1) is 11.6. The third-order valence-corrected chi connectivity index (χ3v) is 6.31. The predicted molar refractivity (Wildman–Crippen MR) is 89.4 cm³/mol. The lowest BCUT2D eigenvalue weighted by Gasteiger charge is -2.30. The zero-order chi connectivity index (χ0) is 18.4. The van der Waals surface area contributed by atoms with Gasteiger partial charge in [0.15, 0.2) is 0 Å². The molecule has 1 aliphatic rings. The Kier molecular flexibility index (Phi) is 4.84. The second-order valence-corrected chi connectivity index (χ2v) is 8.89. The van der Waals surface area contributed by atoms with Gasteiger partial charge >= 0.3 is 6.18 Å². The molecule has 0 amide bonds. The number of hydrogen-bond acceptors (Lipinski definition) is 4. The molecule has 1 aliphatic heterocycles. The summed E-state index contributed by atoms with van der Waals surface area (Å²) in [5, 5.41) is -0.0522. The van der Waals surface area contributed by atoms with Gasteiger partial charge < -0.3 is 4.57 Å². The molecule has 0 aliphatic carbocycles. The molecule has 0 N–H and O–H groups in total. The highest BCUT2D eigenvalue weighted by atomic mass is 79.9. The molecule has 0 aromatic carbocycles. The van der Waals surface area contributed by atoms with E-state index >= 15 is 0 Å². The Balaban J connectivity index is 1.87. The van der Waals surface area contributed by atoms with Gasteiger partial charge in [0.1, 0.15) is 16.6 Å². The van der Waals surface area contributed by atoms with Crippen molar-refractivity contribution < 1.29 is 21.6 Å². The van der Waals surface area contributed by atoms with Gasteiger partial charge in [-0.2, -0.15) is 13.2 Å². The molecule has 0 saturated carbocycles. The molecule has 25 heavy (non-hydrogen) atoms. The third kappa shape index (κ3) is 3.82. The van der Waals surface area contributed by atoms with Crippen LogP contribution in [0.3, 0.4) is 0 Å². The second kappa shape index (κ2) is 6.51. The topological polar surface area (TPSA) is 68.1 Å². The maximum absolute atomic E-state index is 13.3. The number of aromatic nitrogens is 3. The van der Waals surface area contributed by atoms with Gasteiger partial charge in [0, 0.05) is 25.8 Å². The first kappa shape index (κ1) is 18.6. The molecule has 0 bridgehead atoms. The lowest BCUT2D eigenvalue weighted by atomic mass is 9.98. The number of piperidine rings is 1. The van der Waals surface area contributed by atoms with Crippen molar-refractivity contribution in [2.75, 3.05) is 19.3 Å². The van der Waals surface area contributed by atoms with E-state index in [1.54, 1.807) is 0 Å². The zero-order valence-corrected chi connectivity index (χ0v) is 15.7. The Bertz CT molecular complexity index is 889. The Morgan fingerprint density at radius 2 is 1.92 bits per heavy atom. The van der Waals surface area contributed by atoms with E-state index < -0.39 is 21.8 Å². The van der Waals surface area contributed by atoms with Gasteiger partial charge in [0.05, 0.1) is 17.2 Å². The highest BCUT2D eigenvalue weighted by Gasteiger charge is 2.36. The predicted octanol–water partition coefficient (Wildman–Crippen LogP) is 2.88. The summed E-state index contributed by atoms with van der Waals surface area (Å²) in [7, 11) is -3.23. The molecule has 11 heteroatoms. The van der Waals surface area contributed by atoms with Gasteiger partial charge in [-0.05, 0) is 34.7 Å². The van der Waals surface area contributed by atoms with Gasteiger partial charge in [-0.1, -0.05) is 0 Å². The van der Waals surface area contributed by atoms with Crippen LogP contribution >= 0.6 is 15.9 Å². The number of nitrogens with zero attached hydrogens (tertiary/aromatic N) is 4. The summed E-state index contributed by atoms with van der Waals surface area (Å²) in [5.41, 5.74) is -0.553. The van der Waals surface area contributed by atoms with Crippen molar-refractivity contribution in [3.8, 4) is 0 Å². The molecule has 2 aromatic rings. The second-order valence-electron chi connectivity index (χ2n) is 6.16. The van der Waals surface area contributed by atoms with Crippen LogP contribution in [0.5, 0.6) is 0 Å². The Morgan fingerprint density at radius 3 is 2.48 bits per heavy atom. The molecule has 0 spiro atoms. The van der Waals surface area contributed by atoms with Gasteiger partial charge in [-0.3, -0.25) is 0 Å². The number of sulfonamides is 1. The minimum Gasteiger partial charge on any atom is -0.331 e. The largest absolute Gasteiger partial charge is 0.418 e. The van der Waals surface area contributed by atoms with E-state index in [1.807, 2.05) is 0 Å². The van der Waals surface area contributed by atoms with E-state index in [4.69, 9.17) is 0 Å². The lowest BCUT2D eigenvalue weighted by molar-refractivity contribution is -0.136. The van der Waals surface area contributed by atoms with Crippen LogP contribution in [0.1, 0.15) is 18.4 Å². The van der Waals surface area contributed by atoms with E-state index in [1.165, 1.54) is 15.2 Å². The number of fused-ring (bicyclic) bond motifs is 1. The highest BCUT2D eigenvalue weighted by molar-refractivity contribution is 9.10. The SMILES string of the molecule is CS(=O)(=O)N1CCC(Cn2cc(C(F)(F)F)c3c(Br)ncnc32)CC1.